The second kappa shape index (κ2) is 6.25. The lowest BCUT2D eigenvalue weighted by Gasteiger charge is -2.09. The molecule has 0 aliphatic rings. The quantitative estimate of drug-likeness (QED) is 0.671. The zero-order valence-electron chi connectivity index (χ0n) is 10.8. The van der Waals surface area contributed by atoms with Crippen molar-refractivity contribution in [3.05, 3.63) is 63.2 Å². The fourth-order valence-corrected chi connectivity index (χ4v) is 2.03. The Morgan fingerprint density at radius 2 is 1.95 bits per heavy atom. The van der Waals surface area contributed by atoms with E-state index < -0.39 is 4.92 Å². The Balaban J connectivity index is 2.16. The first-order chi connectivity index (χ1) is 9.61. The van der Waals surface area contributed by atoms with E-state index in [9.17, 15) is 10.1 Å². The average molecular weight is 293 g/mol. The maximum Gasteiger partial charge on any atom is 0.275 e. The molecule has 0 unspecified atom stereocenters. The SMILES string of the molecule is COc1ccc(NCc2c(Cl)cccc2[N+](=O)[O-])cc1. The lowest BCUT2D eigenvalue weighted by Crippen LogP contribution is -2.03. The highest BCUT2D eigenvalue weighted by atomic mass is 35.5. The van der Waals surface area contributed by atoms with Crippen LogP contribution >= 0.6 is 11.6 Å². The maximum absolute atomic E-state index is 11.0. The third kappa shape index (κ3) is 3.19. The van der Waals surface area contributed by atoms with Crippen LogP contribution in [0.4, 0.5) is 11.4 Å². The summed E-state index contributed by atoms with van der Waals surface area (Å²) < 4.78 is 5.06. The molecular weight excluding hydrogens is 280 g/mol. The molecule has 0 spiro atoms. The molecular formula is C14H13ClN2O3. The van der Waals surface area contributed by atoms with Gasteiger partial charge in [-0.05, 0) is 30.3 Å². The normalized spacial score (nSPS) is 10.1. The van der Waals surface area contributed by atoms with Gasteiger partial charge in [-0.25, -0.2) is 0 Å². The van der Waals surface area contributed by atoms with E-state index in [0.29, 0.717) is 10.6 Å². The van der Waals surface area contributed by atoms with Crippen LogP contribution in [0.15, 0.2) is 42.5 Å². The number of rotatable bonds is 5. The summed E-state index contributed by atoms with van der Waals surface area (Å²) in [6.45, 7) is 0.280. The van der Waals surface area contributed by atoms with Crippen molar-refractivity contribution in [2.45, 2.75) is 6.54 Å². The molecule has 2 rings (SSSR count). The Kier molecular flexibility index (Phi) is 4.42. The summed E-state index contributed by atoms with van der Waals surface area (Å²) in [5.41, 5.74) is 1.31. The van der Waals surface area contributed by atoms with Crippen molar-refractivity contribution in [2.24, 2.45) is 0 Å². The number of nitro groups is 1. The van der Waals surface area contributed by atoms with Gasteiger partial charge in [0.05, 0.1) is 22.6 Å². The summed E-state index contributed by atoms with van der Waals surface area (Å²) in [4.78, 5) is 10.5. The summed E-state index contributed by atoms with van der Waals surface area (Å²) in [5, 5.41) is 14.5. The Morgan fingerprint density at radius 1 is 1.25 bits per heavy atom. The summed E-state index contributed by atoms with van der Waals surface area (Å²) in [5.74, 6) is 0.749. The topological polar surface area (TPSA) is 64.4 Å². The molecule has 0 fully saturated rings. The van der Waals surface area contributed by atoms with Crippen LogP contribution < -0.4 is 10.1 Å². The lowest BCUT2D eigenvalue weighted by atomic mass is 10.1. The number of halogens is 1. The van der Waals surface area contributed by atoms with Gasteiger partial charge in [0.15, 0.2) is 0 Å². The first-order valence-corrected chi connectivity index (χ1v) is 6.29. The summed E-state index contributed by atoms with van der Waals surface area (Å²) >= 11 is 6.02. The van der Waals surface area contributed by atoms with Crippen LogP contribution in [0.5, 0.6) is 5.75 Å². The van der Waals surface area contributed by atoms with Gasteiger partial charge in [0.1, 0.15) is 5.75 Å². The molecule has 0 saturated heterocycles. The smallest absolute Gasteiger partial charge is 0.275 e. The van der Waals surface area contributed by atoms with Crippen molar-refractivity contribution >= 4 is 23.0 Å². The van der Waals surface area contributed by atoms with Crippen LogP contribution in [-0.2, 0) is 6.54 Å². The molecule has 6 heteroatoms. The Bertz CT molecular complexity index is 614. The largest absolute Gasteiger partial charge is 0.497 e. The molecule has 0 heterocycles. The van der Waals surface area contributed by atoms with E-state index in [1.807, 2.05) is 24.3 Å². The Hall–Kier alpha value is -2.27. The highest BCUT2D eigenvalue weighted by Gasteiger charge is 2.15. The second-order valence-electron chi connectivity index (χ2n) is 4.08. The molecule has 0 aromatic heterocycles. The number of nitrogens with one attached hydrogen (secondary N) is 1. The molecule has 0 radical (unpaired) electrons. The predicted molar refractivity (Wildman–Crippen MR) is 78.4 cm³/mol. The number of hydrogen-bond acceptors (Lipinski definition) is 4. The van der Waals surface area contributed by atoms with Gasteiger partial charge in [-0.15, -0.1) is 0 Å². The molecule has 5 nitrogen and oxygen atoms in total. The molecule has 2 aromatic rings. The molecule has 104 valence electrons. The third-order valence-corrected chi connectivity index (χ3v) is 3.20. The predicted octanol–water partition coefficient (Wildman–Crippen LogP) is 3.87. The molecule has 0 saturated carbocycles. The molecule has 0 aliphatic heterocycles. The average Bonchev–Trinajstić information content (AvgIpc) is 2.46. The van der Waals surface area contributed by atoms with Crippen molar-refractivity contribution in [2.75, 3.05) is 12.4 Å². The third-order valence-electron chi connectivity index (χ3n) is 2.85. The van der Waals surface area contributed by atoms with E-state index in [0.717, 1.165) is 11.4 Å². The number of benzene rings is 2. The summed E-state index contributed by atoms with van der Waals surface area (Å²) in [7, 11) is 1.59. The van der Waals surface area contributed by atoms with Gasteiger partial charge in [-0.3, -0.25) is 10.1 Å². The first-order valence-electron chi connectivity index (χ1n) is 5.91. The number of anilines is 1. The van der Waals surface area contributed by atoms with Crippen LogP contribution in [0.2, 0.25) is 5.02 Å². The lowest BCUT2D eigenvalue weighted by molar-refractivity contribution is -0.385. The van der Waals surface area contributed by atoms with Crippen LogP contribution in [0.3, 0.4) is 0 Å². The van der Waals surface area contributed by atoms with Gasteiger partial charge >= 0.3 is 0 Å². The van der Waals surface area contributed by atoms with Gasteiger partial charge in [-0.2, -0.15) is 0 Å². The fraction of sp³-hybridized carbons (Fsp3) is 0.143. The number of nitrogens with zero attached hydrogens (tertiary/aromatic N) is 1. The maximum atomic E-state index is 11.0. The highest BCUT2D eigenvalue weighted by Crippen LogP contribution is 2.27. The van der Waals surface area contributed by atoms with Gasteiger partial charge in [0, 0.05) is 18.3 Å². The molecule has 0 amide bonds. The summed E-state index contributed by atoms with van der Waals surface area (Å²) in [6, 6.07) is 11.9. The minimum atomic E-state index is -0.434. The van der Waals surface area contributed by atoms with E-state index in [1.54, 1.807) is 19.2 Å². The van der Waals surface area contributed by atoms with Gasteiger partial charge in [-0.1, -0.05) is 17.7 Å². The van der Waals surface area contributed by atoms with Crippen molar-refractivity contribution in [1.82, 2.24) is 0 Å². The molecule has 0 atom stereocenters. The highest BCUT2D eigenvalue weighted by molar-refractivity contribution is 6.31. The van der Waals surface area contributed by atoms with Crippen LogP contribution in [0.1, 0.15) is 5.56 Å². The monoisotopic (exact) mass is 292 g/mol. The van der Waals surface area contributed by atoms with Crippen LogP contribution in [0.25, 0.3) is 0 Å². The zero-order valence-corrected chi connectivity index (χ0v) is 11.6. The zero-order chi connectivity index (χ0) is 14.5. The number of methoxy groups -OCH3 is 1. The van der Waals surface area contributed by atoms with Crippen LogP contribution in [-0.4, -0.2) is 12.0 Å². The van der Waals surface area contributed by atoms with E-state index in [1.165, 1.54) is 6.07 Å². The van der Waals surface area contributed by atoms with E-state index >= 15 is 0 Å². The standard InChI is InChI=1S/C14H13ClN2O3/c1-20-11-7-5-10(6-8-11)16-9-12-13(15)3-2-4-14(12)17(18)19/h2-8,16H,9H2,1H3. The van der Waals surface area contributed by atoms with Crippen molar-refractivity contribution in [3.63, 3.8) is 0 Å². The number of nitro benzene ring substituents is 1. The number of hydrogen-bond donors (Lipinski definition) is 1. The second-order valence-corrected chi connectivity index (χ2v) is 4.48. The van der Waals surface area contributed by atoms with Gasteiger partial charge < -0.3 is 10.1 Å². The molecule has 1 N–H and O–H groups in total. The van der Waals surface area contributed by atoms with E-state index in [4.69, 9.17) is 16.3 Å². The van der Waals surface area contributed by atoms with Crippen molar-refractivity contribution in [3.8, 4) is 5.75 Å². The molecule has 2 aromatic carbocycles. The molecule has 20 heavy (non-hydrogen) atoms. The van der Waals surface area contributed by atoms with Gasteiger partial charge in [0.25, 0.3) is 5.69 Å². The molecule has 0 aliphatic carbocycles. The minimum absolute atomic E-state index is 0.0125. The van der Waals surface area contributed by atoms with E-state index in [-0.39, 0.29) is 12.2 Å². The van der Waals surface area contributed by atoms with Gasteiger partial charge in [0.2, 0.25) is 0 Å². The van der Waals surface area contributed by atoms with Crippen molar-refractivity contribution < 1.29 is 9.66 Å². The minimum Gasteiger partial charge on any atom is -0.497 e. The number of ether oxygens (including phenoxy) is 1. The van der Waals surface area contributed by atoms with E-state index in [2.05, 4.69) is 5.32 Å². The fourth-order valence-electron chi connectivity index (χ4n) is 1.79. The Morgan fingerprint density at radius 3 is 2.55 bits per heavy atom. The summed E-state index contributed by atoms with van der Waals surface area (Å²) in [6.07, 6.45) is 0. The Labute approximate surface area is 121 Å². The van der Waals surface area contributed by atoms with Crippen LogP contribution in [0, 0.1) is 10.1 Å². The first kappa shape index (κ1) is 14.1. The molecule has 0 bridgehead atoms. The van der Waals surface area contributed by atoms with Crippen molar-refractivity contribution in [1.29, 1.82) is 0 Å².